The molecular formula is C12H14ClNOS. The zero-order chi connectivity index (χ0) is 11.5. The molecule has 0 aliphatic carbocycles. The molecule has 0 amide bonds. The van der Waals surface area contributed by atoms with Gasteiger partial charge < -0.3 is 9.73 Å². The molecule has 2 heterocycles. The third-order valence-corrected chi connectivity index (χ3v) is 3.95. The third kappa shape index (κ3) is 2.17. The maximum absolute atomic E-state index is 6.18. The van der Waals surface area contributed by atoms with E-state index in [1.807, 2.05) is 24.4 Å². The van der Waals surface area contributed by atoms with Crippen LogP contribution in [0.25, 0.3) is 0 Å². The van der Waals surface area contributed by atoms with Crippen molar-refractivity contribution < 1.29 is 4.42 Å². The smallest absolute Gasteiger partial charge is 0.105 e. The topological polar surface area (TPSA) is 25.2 Å². The van der Waals surface area contributed by atoms with E-state index in [9.17, 15) is 0 Å². The molecule has 1 atom stereocenters. The first-order valence-electron chi connectivity index (χ1n) is 5.24. The van der Waals surface area contributed by atoms with Gasteiger partial charge >= 0.3 is 0 Å². The maximum Gasteiger partial charge on any atom is 0.105 e. The molecule has 2 aromatic heterocycles. The summed E-state index contributed by atoms with van der Waals surface area (Å²) in [5, 5.41) is 6.26. The molecule has 0 spiro atoms. The molecule has 0 aliphatic rings. The first-order valence-corrected chi connectivity index (χ1v) is 6.50. The van der Waals surface area contributed by atoms with Gasteiger partial charge in [-0.2, -0.15) is 0 Å². The Hall–Kier alpha value is -0.770. The number of rotatable bonds is 4. The van der Waals surface area contributed by atoms with Crippen LogP contribution in [0.15, 0.2) is 28.2 Å². The Balaban J connectivity index is 2.39. The highest BCUT2D eigenvalue weighted by Gasteiger charge is 2.20. The number of thiophene rings is 1. The second-order valence-corrected chi connectivity index (χ2v) is 4.91. The summed E-state index contributed by atoms with van der Waals surface area (Å²) in [6.07, 6.45) is 1.72. The molecule has 16 heavy (non-hydrogen) atoms. The molecule has 1 N–H and O–H groups in total. The summed E-state index contributed by atoms with van der Waals surface area (Å²) in [6, 6.07) is 4.07. The highest BCUT2D eigenvalue weighted by molar-refractivity contribution is 7.10. The number of halogens is 1. The van der Waals surface area contributed by atoms with Crippen LogP contribution < -0.4 is 5.32 Å². The second kappa shape index (κ2) is 5.04. The van der Waals surface area contributed by atoms with Gasteiger partial charge in [-0.25, -0.2) is 0 Å². The average molecular weight is 256 g/mol. The molecule has 0 aromatic carbocycles. The van der Waals surface area contributed by atoms with Gasteiger partial charge in [0.1, 0.15) is 5.76 Å². The first-order chi connectivity index (χ1) is 7.74. The largest absolute Gasteiger partial charge is 0.469 e. The summed E-state index contributed by atoms with van der Waals surface area (Å²) in [6.45, 7) is 4.95. The molecule has 86 valence electrons. The van der Waals surface area contributed by atoms with E-state index in [1.165, 1.54) is 0 Å². The van der Waals surface area contributed by atoms with Crippen molar-refractivity contribution in [3.8, 4) is 0 Å². The lowest BCUT2D eigenvalue weighted by Gasteiger charge is -2.16. The van der Waals surface area contributed by atoms with E-state index >= 15 is 0 Å². The molecule has 0 saturated heterocycles. The van der Waals surface area contributed by atoms with Crippen LogP contribution in [0.4, 0.5) is 0 Å². The minimum Gasteiger partial charge on any atom is -0.469 e. The Morgan fingerprint density at radius 2 is 2.31 bits per heavy atom. The summed E-state index contributed by atoms with van der Waals surface area (Å²) in [4.78, 5) is 1.15. The molecule has 2 rings (SSSR count). The minimum atomic E-state index is 0.135. The van der Waals surface area contributed by atoms with Crippen molar-refractivity contribution in [2.24, 2.45) is 0 Å². The SMILES string of the molecule is CCNC(c1ccoc1C)c1sccc1Cl. The molecular weight excluding hydrogens is 242 g/mol. The van der Waals surface area contributed by atoms with Gasteiger partial charge in [-0.3, -0.25) is 0 Å². The molecule has 4 heteroatoms. The van der Waals surface area contributed by atoms with Crippen LogP contribution in [0.2, 0.25) is 5.02 Å². The predicted molar refractivity (Wildman–Crippen MR) is 68.3 cm³/mol. The quantitative estimate of drug-likeness (QED) is 0.893. The van der Waals surface area contributed by atoms with E-state index in [1.54, 1.807) is 17.6 Å². The summed E-state index contributed by atoms with van der Waals surface area (Å²) in [5.74, 6) is 0.940. The van der Waals surface area contributed by atoms with Crippen LogP contribution in [0.1, 0.15) is 29.2 Å². The third-order valence-electron chi connectivity index (χ3n) is 2.53. The van der Waals surface area contributed by atoms with Crippen LogP contribution in [0.5, 0.6) is 0 Å². The highest BCUT2D eigenvalue weighted by Crippen LogP contribution is 2.34. The lowest BCUT2D eigenvalue weighted by Crippen LogP contribution is -2.21. The Bertz CT molecular complexity index is 423. The van der Waals surface area contributed by atoms with E-state index in [4.69, 9.17) is 16.0 Å². The van der Waals surface area contributed by atoms with Crippen molar-refractivity contribution in [3.63, 3.8) is 0 Å². The molecule has 1 unspecified atom stereocenters. The van der Waals surface area contributed by atoms with Crippen LogP contribution >= 0.6 is 22.9 Å². The standard InChI is InChI=1S/C12H14ClNOS/c1-3-14-11(9-4-6-15-8(9)2)12-10(13)5-7-16-12/h4-7,11,14H,3H2,1-2H3. The van der Waals surface area contributed by atoms with Crippen LogP contribution in [-0.2, 0) is 0 Å². The normalized spacial score (nSPS) is 12.9. The summed E-state index contributed by atoms with van der Waals surface area (Å²) < 4.78 is 5.35. The van der Waals surface area contributed by atoms with Crippen LogP contribution in [-0.4, -0.2) is 6.54 Å². The Labute approximate surface area is 104 Å². The van der Waals surface area contributed by atoms with E-state index in [0.717, 1.165) is 27.8 Å². The molecule has 0 fully saturated rings. The van der Waals surface area contributed by atoms with Gasteiger partial charge in [-0.15, -0.1) is 11.3 Å². The van der Waals surface area contributed by atoms with Crippen molar-refractivity contribution >= 4 is 22.9 Å². The zero-order valence-electron chi connectivity index (χ0n) is 9.29. The average Bonchev–Trinajstić information content (AvgIpc) is 2.84. The minimum absolute atomic E-state index is 0.135. The number of hydrogen-bond donors (Lipinski definition) is 1. The van der Waals surface area contributed by atoms with Crippen molar-refractivity contribution in [2.75, 3.05) is 6.54 Å². The molecule has 0 radical (unpaired) electrons. The highest BCUT2D eigenvalue weighted by atomic mass is 35.5. The zero-order valence-corrected chi connectivity index (χ0v) is 10.9. The summed E-state index contributed by atoms with van der Waals surface area (Å²) in [5.41, 5.74) is 1.16. The second-order valence-electron chi connectivity index (χ2n) is 3.56. The molecule has 0 aliphatic heterocycles. The van der Waals surface area contributed by atoms with E-state index in [0.29, 0.717) is 0 Å². The molecule has 2 aromatic rings. The van der Waals surface area contributed by atoms with Gasteiger partial charge in [-0.05, 0) is 31.0 Å². The molecule has 0 saturated carbocycles. The van der Waals surface area contributed by atoms with Crippen molar-refractivity contribution in [1.29, 1.82) is 0 Å². The van der Waals surface area contributed by atoms with Gasteiger partial charge in [0.05, 0.1) is 17.3 Å². The van der Waals surface area contributed by atoms with E-state index < -0.39 is 0 Å². The summed E-state index contributed by atoms with van der Waals surface area (Å²) in [7, 11) is 0. The first kappa shape index (κ1) is 11.7. The number of furan rings is 1. The van der Waals surface area contributed by atoms with Gasteiger partial charge in [-0.1, -0.05) is 18.5 Å². The van der Waals surface area contributed by atoms with Crippen molar-refractivity contribution in [2.45, 2.75) is 19.9 Å². The number of nitrogens with one attached hydrogen (secondary N) is 1. The van der Waals surface area contributed by atoms with Crippen LogP contribution in [0, 0.1) is 6.92 Å². The molecule has 2 nitrogen and oxygen atoms in total. The fraction of sp³-hybridized carbons (Fsp3) is 0.333. The molecule has 0 bridgehead atoms. The Morgan fingerprint density at radius 1 is 1.50 bits per heavy atom. The van der Waals surface area contributed by atoms with Crippen LogP contribution in [0.3, 0.4) is 0 Å². The lowest BCUT2D eigenvalue weighted by molar-refractivity contribution is 0.521. The Morgan fingerprint density at radius 3 is 2.81 bits per heavy atom. The summed E-state index contributed by atoms with van der Waals surface area (Å²) >= 11 is 7.85. The van der Waals surface area contributed by atoms with E-state index in [2.05, 4.69) is 12.2 Å². The maximum atomic E-state index is 6.18. The van der Waals surface area contributed by atoms with Gasteiger partial charge in [0.15, 0.2) is 0 Å². The van der Waals surface area contributed by atoms with Crippen molar-refractivity contribution in [1.82, 2.24) is 5.32 Å². The van der Waals surface area contributed by atoms with Gasteiger partial charge in [0, 0.05) is 10.4 Å². The van der Waals surface area contributed by atoms with Gasteiger partial charge in [0.25, 0.3) is 0 Å². The predicted octanol–water partition coefficient (Wildman–Crippen LogP) is 4.00. The lowest BCUT2D eigenvalue weighted by atomic mass is 10.1. The monoisotopic (exact) mass is 255 g/mol. The van der Waals surface area contributed by atoms with Gasteiger partial charge in [0.2, 0.25) is 0 Å². The van der Waals surface area contributed by atoms with Crippen molar-refractivity contribution in [3.05, 3.63) is 45.0 Å². The van der Waals surface area contributed by atoms with E-state index in [-0.39, 0.29) is 6.04 Å². The Kier molecular flexibility index (Phi) is 3.69. The fourth-order valence-corrected chi connectivity index (χ4v) is 3.01. The fourth-order valence-electron chi connectivity index (χ4n) is 1.75. The number of aryl methyl sites for hydroxylation is 1. The number of hydrogen-bond acceptors (Lipinski definition) is 3.